The molecule has 0 atom stereocenters. The van der Waals surface area contributed by atoms with E-state index in [4.69, 9.17) is 9.97 Å². The third kappa shape index (κ3) is 9.52. The maximum atomic E-state index is 12.5. The second-order valence-electron chi connectivity index (χ2n) is 11.4. The van der Waals surface area contributed by atoms with Crippen LogP contribution in [-0.4, -0.2) is 42.1 Å². The van der Waals surface area contributed by atoms with Crippen LogP contribution in [0.5, 0.6) is 0 Å². The molecule has 0 aliphatic heterocycles. The zero-order chi connectivity index (χ0) is 27.3. The van der Waals surface area contributed by atoms with E-state index in [1.807, 2.05) is 37.2 Å². The highest BCUT2D eigenvalue weighted by molar-refractivity contribution is 5.90. The molecule has 1 amide bonds. The third-order valence-corrected chi connectivity index (χ3v) is 7.89. The number of unbranched alkanes of at least 4 members (excludes halogenated alkanes) is 7. The van der Waals surface area contributed by atoms with Crippen LogP contribution in [0.1, 0.15) is 89.0 Å². The first-order valence-corrected chi connectivity index (χ1v) is 15.1. The molecule has 0 radical (unpaired) electrons. The number of carbonyl (C=O) groups excluding carboxylic acids is 1. The van der Waals surface area contributed by atoms with Crippen molar-refractivity contribution < 1.29 is 4.79 Å². The minimum Gasteiger partial charge on any atom is -0.362 e. The molecule has 3 aromatic rings. The largest absolute Gasteiger partial charge is 0.362 e. The van der Waals surface area contributed by atoms with Crippen LogP contribution >= 0.6 is 0 Å². The number of nitrogens with one attached hydrogen (secondary N) is 2. The van der Waals surface area contributed by atoms with Gasteiger partial charge in [0, 0.05) is 38.0 Å². The Kier molecular flexibility index (Phi) is 11.4. The smallest absolute Gasteiger partial charge is 0.225 e. The van der Waals surface area contributed by atoms with Crippen LogP contribution < -0.4 is 15.5 Å². The van der Waals surface area contributed by atoms with Crippen molar-refractivity contribution in [2.75, 3.05) is 24.3 Å². The quantitative estimate of drug-likeness (QED) is 0.202. The summed E-state index contributed by atoms with van der Waals surface area (Å²) in [5.41, 5.74) is 2.41. The fourth-order valence-electron chi connectivity index (χ4n) is 5.65. The molecule has 2 aromatic carbocycles. The Morgan fingerprint density at radius 1 is 0.769 bits per heavy atom. The van der Waals surface area contributed by atoms with Gasteiger partial charge in [-0.05, 0) is 62.6 Å². The van der Waals surface area contributed by atoms with Gasteiger partial charge in [0.15, 0.2) is 0 Å². The van der Waals surface area contributed by atoms with Crippen LogP contribution in [0.15, 0.2) is 54.6 Å². The number of anilines is 2. The number of benzene rings is 2. The lowest BCUT2D eigenvalue weighted by atomic mass is 9.91. The van der Waals surface area contributed by atoms with Gasteiger partial charge < -0.3 is 15.5 Å². The Morgan fingerprint density at radius 2 is 1.38 bits per heavy atom. The molecule has 1 heterocycles. The average molecular weight is 530 g/mol. The Morgan fingerprint density at radius 3 is 2.10 bits per heavy atom. The van der Waals surface area contributed by atoms with Crippen LogP contribution in [0.25, 0.3) is 10.9 Å². The van der Waals surface area contributed by atoms with E-state index in [1.165, 1.54) is 50.5 Å². The molecule has 0 unspecified atom stereocenters. The summed E-state index contributed by atoms with van der Waals surface area (Å²) >= 11 is 0. The second-order valence-corrected chi connectivity index (χ2v) is 11.4. The zero-order valence-electron chi connectivity index (χ0n) is 24.0. The van der Waals surface area contributed by atoms with Gasteiger partial charge >= 0.3 is 0 Å². The molecule has 6 heteroatoms. The minimum absolute atomic E-state index is 0.223. The van der Waals surface area contributed by atoms with E-state index in [-0.39, 0.29) is 5.91 Å². The van der Waals surface area contributed by atoms with Crippen LogP contribution in [0, 0.1) is 0 Å². The normalized spacial score (nSPS) is 17.2. The topological polar surface area (TPSA) is 70.2 Å². The van der Waals surface area contributed by atoms with E-state index in [2.05, 4.69) is 47.0 Å². The molecule has 1 aromatic heterocycles. The predicted octanol–water partition coefficient (Wildman–Crippen LogP) is 7.29. The Hall–Kier alpha value is -3.15. The summed E-state index contributed by atoms with van der Waals surface area (Å²) in [5.74, 6) is 1.85. The van der Waals surface area contributed by atoms with Gasteiger partial charge in [-0.15, -0.1) is 0 Å². The SMILES string of the molecule is CN(C)c1nc(NC2CCC(NC(=O)CCCCCCCCCCc3ccccc3)CC2)nc2ccccc12. The van der Waals surface area contributed by atoms with E-state index in [0.29, 0.717) is 24.5 Å². The predicted molar refractivity (Wildman–Crippen MR) is 163 cm³/mol. The molecular weight excluding hydrogens is 482 g/mol. The summed E-state index contributed by atoms with van der Waals surface area (Å²) in [7, 11) is 4.03. The maximum Gasteiger partial charge on any atom is 0.225 e. The standard InChI is InChI=1S/C33H47N5O/c1-38(2)32-29-19-14-15-20-30(29)36-33(37-32)35-28-24-22-27(23-25-28)34-31(39)21-13-8-6-4-3-5-7-10-16-26-17-11-9-12-18-26/h9,11-12,14-15,17-20,27-28H,3-8,10,13,16,21-25H2,1-2H3,(H,34,39)(H,35,36,37). The van der Waals surface area contributed by atoms with E-state index in [9.17, 15) is 4.79 Å². The molecule has 1 saturated carbocycles. The van der Waals surface area contributed by atoms with Crippen molar-refractivity contribution in [3.05, 3.63) is 60.2 Å². The Bertz CT molecular complexity index is 1140. The van der Waals surface area contributed by atoms with Gasteiger partial charge in [-0.1, -0.05) is 81.0 Å². The summed E-state index contributed by atoms with van der Waals surface area (Å²) in [6, 6.07) is 19.6. The van der Waals surface area contributed by atoms with Crippen LogP contribution in [0.2, 0.25) is 0 Å². The van der Waals surface area contributed by atoms with Crippen molar-refractivity contribution in [3.8, 4) is 0 Å². The van der Waals surface area contributed by atoms with Crippen molar-refractivity contribution in [1.29, 1.82) is 0 Å². The van der Waals surface area contributed by atoms with E-state index >= 15 is 0 Å². The van der Waals surface area contributed by atoms with Gasteiger partial charge in [-0.25, -0.2) is 4.98 Å². The van der Waals surface area contributed by atoms with Crippen LogP contribution in [0.3, 0.4) is 0 Å². The van der Waals surface area contributed by atoms with Crippen molar-refractivity contribution >= 4 is 28.6 Å². The van der Waals surface area contributed by atoms with Crippen LogP contribution in [-0.2, 0) is 11.2 Å². The van der Waals surface area contributed by atoms with Crippen molar-refractivity contribution in [1.82, 2.24) is 15.3 Å². The molecule has 0 spiro atoms. The van der Waals surface area contributed by atoms with Gasteiger partial charge in [0.05, 0.1) is 5.52 Å². The van der Waals surface area contributed by atoms with Crippen LogP contribution in [0.4, 0.5) is 11.8 Å². The molecule has 1 fully saturated rings. The molecule has 6 nitrogen and oxygen atoms in total. The number of fused-ring (bicyclic) bond motifs is 1. The average Bonchev–Trinajstić information content (AvgIpc) is 2.95. The molecule has 39 heavy (non-hydrogen) atoms. The monoisotopic (exact) mass is 529 g/mol. The highest BCUT2D eigenvalue weighted by atomic mass is 16.1. The molecule has 1 aliphatic carbocycles. The van der Waals surface area contributed by atoms with Gasteiger partial charge in [0.2, 0.25) is 11.9 Å². The Labute approximate surface area is 235 Å². The maximum absolute atomic E-state index is 12.5. The first-order valence-electron chi connectivity index (χ1n) is 15.1. The second kappa shape index (κ2) is 15.4. The van der Waals surface area contributed by atoms with Gasteiger partial charge in [-0.2, -0.15) is 4.98 Å². The minimum atomic E-state index is 0.223. The fraction of sp³-hybridized carbons (Fsp3) is 0.545. The zero-order valence-corrected chi connectivity index (χ0v) is 24.0. The molecule has 0 saturated heterocycles. The van der Waals surface area contributed by atoms with E-state index < -0.39 is 0 Å². The van der Waals surface area contributed by atoms with Gasteiger partial charge in [0.25, 0.3) is 0 Å². The first kappa shape index (κ1) is 28.8. The molecule has 2 N–H and O–H groups in total. The number of aromatic nitrogens is 2. The fourth-order valence-corrected chi connectivity index (χ4v) is 5.65. The highest BCUT2D eigenvalue weighted by Crippen LogP contribution is 2.26. The molecule has 4 rings (SSSR count). The van der Waals surface area contributed by atoms with E-state index in [1.54, 1.807) is 0 Å². The lowest BCUT2D eigenvalue weighted by Gasteiger charge is -2.30. The number of rotatable bonds is 15. The van der Waals surface area contributed by atoms with E-state index in [0.717, 1.165) is 55.2 Å². The number of nitrogens with zero attached hydrogens (tertiary/aromatic N) is 3. The number of aryl methyl sites for hydroxylation is 1. The number of hydrogen-bond donors (Lipinski definition) is 2. The number of amides is 1. The van der Waals surface area contributed by atoms with Crippen molar-refractivity contribution in [3.63, 3.8) is 0 Å². The first-order chi connectivity index (χ1) is 19.1. The lowest BCUT2D eigenvalue weighted by Crippen LogP contribution is -2.40. The summed E-state index contributed by atoms with van der Waals surface area (Å²) < 4.78 is 0. The number of hydrogen-bond acceptors (Lipinski definition) is 5. The third-order valence-electron chi connectivity index (χ3n) is 7.89. The molecule has 210 valence electrons. The van der Waals surface area contributed by atoms with Gasteiger partial charge in [0.1, 0.15) is 5.82 Å². The summed E-state index contributed by atoms with van der Waals surface area (Å²) in [6.07, 6.45) is 15.9. The molecular formula is C33H47N5O. The summed E-state index contributed by atoms with van der Waals surface area (Å²) in [6.45, 7) is 0. The van der Waals surface area contributed by atoms with Gasteiger partial charge in [-0.3, -0.25) is 4.79 Å². The molecule has 0 bridgehead atoms. The Balaban J connectivity index is 1.04. The number of para-hydroxylation sites is 1. The van der Waals surface area contributed by atoms with Crippen molar-refractivity contribution in [2.24, 2.45) is 0 Å². The summed E-state index contributed by atoms with van der Waals surface area (Å²) in [5, 5.41) is 7.91. The summed E-state index contributed by atoms with van der Waals surface area (Å²) in [4.78, 5) is 24.0. The number of carbonyl (C=O) groups is 1. The van der Waals surface area contributed by atoms with Crippen molar-refractivity contribution in [2.45, 2.75) is 102 Å². The lowest BCUT2D eigenvalue weighted by molar-refractivity contribution is -0.122. The molecule has 1 aliphatic rings. The highest BCUT2D eigenvalue weighted by Gasteiger charge is 2.23.